The van der Waals surface area contributed by atoms with Gasteiger partial charge in [-0.3, -0.25) is 4.99 Å². The van der Waals surface area contributed by atoms with E-state index in [1.54, 1.807) is 18.4 Å². The summed E-state index contributed by atoms with van der Waals surface area (Å²) in [4.78, 5) is 11.6. The lowest BCUT2D eigenvalue weighted by Gasteiger charge is -2.21. The highest BCUT2D eigenvalue weighted by atomic mass is 32.1. The van der Waals surface area contributed by atoms with Crippen LogP contribution in [0.15, 0.2) is 10.4 Å². The Balaban J connectivity index is 1.72. The van der Waals surface area contributed by atoms with E-state index >= 15 is 0 Å². The number of rotatable bonds is 11. The first kappa shape index (κ1) is 24.1. The first-order chi connectivity index (χ1) is 14.1. The van der Waals surface area contributed by atoms with Gasteiger partial charge in [0.05, 0.1) is 18.3 Å². The van der Waals surface area contributed by atoms with E-state index in [2.05, 4.69) is 34.6 Å². The summed E-state index contributed by atoms with van der Waals surface area (Å²) in [6, 6.07) is 0. The highest BCUT2D eigenvalue weighted by Gasteiger charge is 2.13. The quantitative estimate of drug-likeness (QED) is 0.240. The summed E-state index contributed by atoms with van der Waals surface area (Å²) in [5.74, 6) is 0.937. The third kappa shape index (κ3) is 9.01. The van der Waals surface area contributed by atoms with E-state index in [1.807, 2.05) is 6.92 Å². The third-order valence-corrected chi connectivity index (χ3v) is 6.39. The molecule has 2 rings (SSSR count). The van der Waals surface area contributed by atoms with Crippen LogP contribution in [0.5, 0.6) is 0 Å². The van der Waals surface area contributed by atoms with Crippen molar-refractivity contribution in [3.8, 4) is 0 Å². The standard InChI is InChI=1S/C22H40N4O2S/c1-5-23-22(26(3)16-19-17-29-21(25-19)18(2)27-4)24-14-10-11-15-28-20-12-8-6-7-9-13-20/h17-18,20H,5-16H2,1-4H3,(H,23,24). The molecule has 0 amide bonds. The van der Waals surface area contributed by atoms with E-state index in [9.17, 15) is 0 Å². The van der Waals surface area contributed by atoms with Crippen LogP contribution in [0.1, 0.15) is 82.0 Å². The second-order valence-corrected chi connectivity index (χ2v) is 8.73. The molecule has 1 aromatic heterocycles. The number of unbranched alkanes of at least 4 members (excludes halogenated alkanes) is 1. The molecule has 6 nitrogen and oxygen atoms in total. The smallest absolute Gasteiger partial charge is 0.194 e. The van der Waals surface area contributed by atoms with Gasteiger partial charge in [-0.1, -0.05) is 25.7 Å². The van der Waals surface area contributed by atoms with Gasteiger partial charge in [0, 0.05) is 39.2 Å². The van der Waals surface area contributed by atoms with Crippen molar-refractivity contribution in [1.29, 1.82) is 0 Å². The van der Waals surface area contributed by atoms with Crippen molar-refractivity contribution in [3.05, 3.63) is 16.1 Å². The Morgan fingerprint density at radius 2 is 2.07 bits per heavy atom. The molecule has 0 bridgehead atoms. The van der Waals surface area contributed by atoms with Gasteiger partial charge >= 0.3 is 0 Å². The molecule has 1 aliphatic rings. The average Bonchev–Trinajstić information content (AvgIpc) is 3.03. The molecule has 1 aliphatic carbocycles. The van der Waals surface area contributed by atoms with E-state index in [-0.39, 0.29) is 6.10 Å². The summed E-state index contributed by atoms with van der Waals surface area (Å²) in [5, 5.41) is 6.52. The fourth-order valence-electron chi connectivity index (χ4n) is 3.53. The number of thiazole rings is 1. The van der Waals surface area contributed by atoms with Gasteiger partial charge in [-0.25, -0.2) is 4.98 Å². The Morgan fingerprint density at radius 1 is 1.31 bits per heavy atom. The maximum Gasteiger partial charge on any atom is 0.194 e. The van der Waals surface area contributed by atoms with Gasteiger partial charge < -0.3 is 19.7 Å². The van der Waals surface area contributed by atoms with E-state index in [4.69, 9.17) is 14.5 Å². The first-order valence-electron chi connectivity index (χ1n) is 11.2. The molecule has 1 heterocycles. The van der Waals surface area contributed by atoms with Crippen LogP contribution >= 0.6 is 11.3 Å². The molecule has 7 heteroatoms. The Hall–Kier alpha value is -1.18. The van der Waals surface area contributed by atoms with Crippen LogP contribution in [-0.4, -0.2) is 55.8 Å². The number of hydrogen-bond acceptors (Lipinski definition) is 5. The average molecular weight is 425 g/mol. The number of aromatic nitrogens is 1. The largest absolute Gasteiger partial charge is 0.378 e. The van der Waals surface area contributed by atoms with E-state index in [1.165, 1.54) is 38.5 Å². The highest BCUT2D eigenvalue weighted by molar-refractivity contribution is 7.09. The van der Waals surface area contributed by atoms with Crippen molar-refractivity contribution in [3.63, 3.8) is 0 Å². The van der Waals surface area contributed by atoms with Crippen molar-refractivity contribution in [1.82, 2.24) is 15.2 Å². The van der Waals surface area contributed by atoms with Gasteiger partial charge in [0.1, 0.15) is 11.1 Å². The lowest BCUT2D eigenvalue weighted by molar-refractivity contribution is 0.0412. The predicted octanol–water partition coefficient (Wildman–Crippen LogP) is 4.77. The maximum absolute atomic E-state index is 6.08. The van der Waals surface area contributed by atoms with Crippen molar-refractivity contribution < 1.29 is 9.47 Å². The number of hydrogen-bond donors (Lipinski definition) is 1. The van der Waals surface area contributed by atoms with E-state index in [0.717, 1.165) is 55.7 Å². The van der Waals surface area contributed by atoms with Gasteiger partial charge in [-0.2, -0.15) is 0 Å². The summed E-state index contributed by atoms with van der Waals surface area (Å²) in [6.45, 7) is 7.42. The van der Waals surface area contributed by atoms with Gasteiger partial charge in [0.25, 0.3) is 0 Å². The number of guanidine groups is 1. The molecule has 1 unspecified atom stereocenters. The molecular formula is C22H40N4O2S. The molecule has 1 aromatic rings. The number of ether oxygens (including phenoxy) is 2. The molecular weight excluding hydrogens is 384 g/mol. The normalized spacial score (nSPS) is 17.2. The van der Waals surface area contributed by atoms with Gasteiger partial charge in [0.2, 0.25) is 0 Å². The molecule has 29 heavy (non-hydrogen) atoms. The molecule has 0 spiro atoms. The third-order valence-electron chi connectivity index (χ3n) is 5.34. The molecule has 1 saturated carbocycles. The van der Waals surface area contributed by atoms with Gasteiger partial charge in [-0.05, 0) is 39.5 Å². The summed E-state index contributed by atoms with van der Waals surface area (Å²) in [5.41, 5.74) is 1.05. The SMILES string of the molecule is CCNC(=NCCCCOC1CCCCCC1)N(C)Cc1csc(C(C)OC)n1. The zero-order valence-electron chi connectivity index (χ0n) is 18.8. The maximum atomic E-state index is 6.08. The van der Waals surface area contributed by atoms with Crippen molar-refractivity contribution >= 4 is 17.3 Å². The van der Waals surface area contributed by atoms with Crippen LogP contribution in [0.25, 0.3) is 0 Å². The van der Waals surface area contributed by atoms with Crippen LogP contribution in [0.2, 0.25) is 0 Å². The van der Waals surface area contributed by atoms with Crippen LogP contribution in [0.4, 0.5) is 0 Å². The minimum atomic E-state index is 0.0427. The molecule has 0 aromatic carbocycles. The topological polar surface area (TPSA) is 59.0 Å². The summed E-state index contributed by atoms with van der Waals surface area (Å²) >= 11 is 1.65. The van der Waals surface area contributed by atoms with E-state index < -0.39 is 0 Å². The van der Waals surface area contributed by atoms with Crippen LogP contribution < -0.4 is 5.32 Å². The zero-order chi connectivity index (χ0) is 20.9. The van der Waals surface area contributed by atoms with Crippen molar-refractivity contribution in [2.45, 2.75) is 84.0 Å². The van der Waals surface area contributed by atoms with E-state index in [0.29, 0.717) is 6.10 Å². The van der Waals surface area contributed by atoms with Crippen LogP contribution in [-0.2, 0) is 16.0 Å². The first-order valence-corrected chi connectivity index (χ1v) is 12.1. The van der Waals surface area contributed by atoms with Gasteiger partial charge in [0.15, 0.2) is 5.96 Å². The number of nitrogens with one attached hydrogen (secondary N) is 1. The Labute approximate surface area is 181 Å². The minimum absolute atomic E-state index is 0.0427. The fraction of sp³-hybridized carbons (Fsp3) is 0.818. The predicted molar refractivity (Wildman–Crippen MR) is 122 cm³/mol. The lowest BCUT2D eigenvalue weighted by Crippen LogP contribution is -2.38. The molecule has 0 aliphatic heterocycles. The Morgan fingerprint density at radius 3 is 2.76 bits per heavy atom. The number of aliphatic imine (C=N–C) groups is 1. The second-order valence-electron chi connectivity index (χ2n) is 7.84. The molecule has 0 saturated heterocycles. The monoisotopic (exact) mass is 424 g/mol. The number of nitrogens with zero attached hydrogens (tertiary/aromatic N) is 3. The van der Waals surface area contributed by atoms with Crippen molar-refractivity contribution in [2.75, 3.05) is 33.9 Å². The Kier molecular flexibility index (Phi) is 11.6. The lowest BCUT2D eigenvalue weighted by atomic mass is 10.1. The summed E-state index contributed by atoms with van der Waals surface area (Å²) in [7, 11) is 3.78. The van der Waals surface area contributed by atoms with Crippen LogP contribution in [0.3, 0.4) is 0 Å². The molecule has 1 atom stereocenters. The van der Waals surface area contributed by atoms with Crippen LogP contribution in [0, 0.1) is 0 Å². The molecule has 0 radical (unpaired) electrons. The summed E-state index contributed by atoms with van der Waals surface area (Å²) < 4.78 is 11.4. The fourth-order valence-corrected chi connectivity index (χ4v) is 4.37. The molecule has 1 fully saturated rings. The minimum Gasteiger partial charge on any atom is -0.378 e. The second kappa shape index (κ2) is 13.9. The zero-order valence-corrected chi connectivity index (χ0v) is 19.6. The highest BCUT2D eigenvalue weighted by Crippen LogP contribution is 2.21. The van der Waals surface area contributed by atoms with Gasteiger partial charge in [-0.15, -0.1) is 11.3 Å². The van der Waals surface area contributed by atoms with Crippen molar-refractivity contribution in [2.24, 2.45) is 4.99 Å². The Bertz CT molecular complexity index is 585. The summed E-state index contributed by atoms with van der Waals surface area (Å²) in [6.07, 6.45) is 10.6. The number of methoxy groups -OCH3 is 1. The molecule has 1 N–H and O–H groups in total. The molecule has 166 valence electrons.